The summed E-state index contributed by atoms with van der Waals surface area (Å²) >= 11 is 1.22. The average molecular weight is 462 g/mol. The lowest BCUT2D eigenvalue weighted by molar-refractivity contribution is -0.113. The van der Waals surface area contributed by atoms with Gasteiger partial charge in [-0.05, 0) is 17.7 Å². The number of thioether (sulfide) groups is 1. The molecule has 0 saturated heterocycles. The Morgan fingerprint density at radius 1 is 1.00 bits per heavy atom. The maximum absolute atomic E-state index is 12.9. The Morgan fingerprint density at radius 2 is 1.67 bits per heavy atom. The molecule has 0 saturated carbocycles. The number of nitrogens with zero attached hydrogens (tertiary/aromatic N) is 4. The van der Waals surface area contributed by atoms with Crippen molar-refractivity contribution in [1.29, 1.82) is 0 Å². The number of aryl methyl sites for hydroxylation is 1. The zero-order valence-corrected chi connectivity index (χ0v) is 19.1. The fourth-order valence-electron chi connectivity index (χ4n) is 3.41. The van der Waals surface area contributed by atoms with Crippen LogP contribution >= 0.6 is 11.8 Å². The van der Waals surface area contributed by atoms with Crippen LogP contribution in [-0.4, -0.2) is 30.3 Å². The predicted octanol–water partition coefficient (Wildman–Crippen LogP) is 2.88. The molecule has 0 aliphatic rings. The third-order valence-corrected chi connectivity index (χ3v) is 6.08. The van der Waals surface area contributed by atoms with Crippen molar-refractivity contribution in [2.45, 2.75) is 11.7 Å². The molecule has 2 aromatic carbocycles. The van der Waals surface area contributed by atoms with Gasteiger partial charge >= 0.3 is 5.69 Å². The largest absolute Gasteiger partial charge is 0.332 e. The van der Waals surface area contributed by atoms with Gasteiger partial charge in [-0.3, -0.25) is 18.7 Å². The van der Waals surface area contributed by atoms with E-state index in [0.717, 1.165) is 10.1 Å². The van der Waals surface area contributed by atoms with E-state index >= 15 is 0 Å². The molecule has 1 amide bonds. The number of carbonyl (C=O) groups excluding carboxylic acids is 1. The lowest BCUT2D eigenvalue weighted by atomic mass is 10.2. The normalized spacial score (nSPS) is 11.3. The summed E-state index contributed by atoms with van der Waals surface area (Å²) in [4.78, 5) is 42.3. The van der Waals surface area contributed by atoms with Gasteiger partial charge in [-0.2, -0.15) is 0 Å². The highest BCUT2D eigenvalue weighted by Crippen LogP contribution is 2.22. The molecule has 9 heteroatoms. The highest BCUT2D eigenvalue weighted by atomic mass is 32.2. The Bertz CT molecular complexity index is 1440. The maximum Gasteiger partial charge on any atom is 0.332 e. The number of benzene rings is 2. The molecule has 8 nitrogen and oxygen atoms in total. The third kappa shape index (κ3) is 4.83. The van der Waals surface area contributed by atoms with E-state index in [-0.39, 0.29) is 11.7 Å². The van der Waals surface area contributed by atoms with E-state index in [4.69, 9.17) is 0 Å². The Labute approximate surface area is 194 Å². The number of anilines is 1. The van der Waals surface area contributed by atoms with Gasteiger partial charge in [0.1, 0.15) is 0 Å². The third-order valence-electron chi connectivity index (χ3n) is 5.10. The van der Waals surface area contributed by atoms with Gasteiger partial charge in [0.2, 0.25) is 5.91 Å². The number of para-hydroxylation sites is 1. The fraction of sp³-hybridized carbons (Fsp3) is 0.167. The first-order chi connectivity index (χ1) is 16.0. The summed E-state index contributed by atoms with van der Waals surface area (Å²) < 4.78 is 4.16. The molecule has 4 aromatic rings. The van der Waals surface area contributed by atoms with Gasteiger partial charge in [-0.15, -0.1) is 0 Å². The minimum atomic E-state index is -0.449. The van der Waals surface area contributed by atoms with Crippen LogP contribution in [0.2, 0.25) is 0 Å². The molecule has 0 fully saturated rings. The standard InChI is InChI=1S/C24H23N5O3S/c1-27-21-20(22(31)28(2)24(27)32)29(15-9-12-17-10-5-3-6-11-17)23(26-21)33-16-19(30)25-18-13-7-4-8-14-18/h3-14H,15-16H2,1-2H3,(H,25,30)/b12-9-. The molecule has 33 heavy (non-hydrogen) atoms. The van der Waals surface area contributed by atoms with Gasteiger partial charge in [-0.1, -0.05) is 72.4 Å². The summed E-state index contributed by atoms with van der Waals surface area (Å²) in [6, 6.07) is 19.0. The zero-order chi connectivity index (χ0) is 23.4. The van der Waals surface area contributed by atoms with Crippen molar-refractivity contribution in [2.24, 2.45) is 14.1 Å². The van der Waals surface area contributed by atoms with Crippen molar-refractivity contribution < 1.29 is 4.79 Å². The molecule has 0 bridgehead atoms. The molecule has 1 N–H and O–H groups in total. The Kier molecular flexibility index (Phi) is 6.60. The minimum absolute atomic E-state index is 0.106. The van der Waals surface area contributed by atoms with E-state index in [2.05, 4.69) is 10.3 Å². The maximum atomic E-state index is 12.9. The van der Waals surface area contributed by atoms with Gasteiger partial charge < -0.3 is 9.88 Å². The van der Waals surface area contributed by atoms with Crippen molar-refractivity contribution >= 4 is 40.6 Å². The van der Waals surface area contributed by atoms with Gasteiger partial charge in [0.15, 0.2) is 16.3 Å². The molecular formula is C24H23N5O3S. The molecule has 0 atom stereocenters. The Balaban J connectivity index is 1.66. The second kappa shape index (κ2) is 9.74. The molecule has 4 rings (SSSR count). The number of carbonyl (C=O) groups is 1. The van der Waals surface area contributed by atoms with Crippen molar-refractivity contribution in [3.05, 3.63) is 93.1 Å². The lowest BCUT2D eigenvalue weighted by Gasteiger charge is -2.08. The molecule has 2 aromatic heterocycles. The number of hydrogen-bond acceptors (Lipinski definition) is 5. The highest BCUT2D eigenvalue weighted by Gasteiger charge is 2.19. The van der Waals surface area contributed by atoms with Crippen molar-refractivity contribution in [3.63, 3.8) is 0 Å². The van der Waals surface area contributed by atoms with Gasteiger partial charge in [0.25, 0.3) is 5.56 Å². The molecule has 0 unspecified atom stereocenters. The van der Waals surface area contributed by atoms with Crippen molar-refractivity contribution in [2.75, 3.05) is 11.1 Å². The second-order valence-electron chi connectivity index (χ2n) is 7.40. The van der Waals surface area contributed by atoms with Crippen LogP contribution < -0.4 is 16.6 Å². The number of imidazole rings is 1. The quantitative estimate of drug-likeness (QED) is 0.428. The number of aromatic nitrogens is 4. The fourth-order valence-corrected chi connectivity index (χ4v) is 4.22. The van der Waals surface area contributed by atoms with Crippen molar-refractivity contribution in [3.8, 4) is 0 Å². The number of rotatable bonds is 7. The van der Waals surface area contributed by atoms with E-state index in [0.29, 0.717) is 28.6 Å². The smallest absolute Gasteiger partial charge is 0.325 e. The van der Waals surface area contributed by atoms with Gasteiger partial charge in [0, 0.05) is 26.3 Å². The first-order valence-corrected chi connectivity index (χ1v) is 11.3. The van der Waals surface area contributed by atoms with Crippen LogP contribution in [0.25, 0.3) is 17.2 Å². The van der Waals surface area contributed by atoms with E-state index in [1.807, 2.05) is 72.8 Å². The second-order valence-corrected chi connectivity index (χ2v) is 8.34. The van der Waals surface area contributed by atoms with E-state index in [9.17, 15) is 14.4 Å². The number of hydrogen-bond donors (Lipinski definition) is 1. The molecule has 2 heterocycles. The highest BCUT2D eigenvalue weighted by molar-refractivity contribution is 7.99. The molecule has 0 radical (unpaired) electrons. The van der Waals surface area contributed by atoms with Crippen molar-refractivity contribution in [1.82, 2.24) is 18.7 Å². The summed E-state index contributed by atoms with van der Waals surface area (Å²) in [6.07, 6.45) is 3.88. The summed E-state index contributed by atoms with van der Waals surface area (Å²) in [5, 5.41) is 3.33. The monoisotopic (exact) mass is 461 g/mol. The number of fused-ring (bicyclic) bond motifs is 1. The van der Waals surface area contributed by atoms with E-state index in [1.165, 1.54) is 23.4 Å². The number of allylic oxidation sites excluding steroid dienone is 1. The molecule has 0 spiro atoms. The number of amides is 1. The first kappa shape index (κ1) is 22.3. The van der Waals surface area contributed by atoms with Crippen LogP contribution in [0.5, 0.6) is 0 Å². The van der Waals surface area contributed by atoms with Crippen LogP contribution in [0, 0.1) is 0 Å². The predicted molar refractivity (Wildman–Crippen MR) is 131 cm³/mol. The molecular weight excluding hydrogens is 438 g/mol. The Hall–Kier alpha value is -3.85. The van der Waals surface area contributed by atoms with Gasteiger partial charge in [0.05, 0.1) is 5.75 Å². The van der Waals surface area contributed by atoms with Crippen LogP contribution in [-0.2, 0) is 25.4 Å². The van der Waals surface area contributed by atoms with Crippen LogP contribution in [0.3, 0.4) is 0 Å². The summed E-state index contributed by atoms with van der Waals surface area (Å²) in [5.41, 5.74) is 1.48. The number of nitrogens with one attached hydrogen (secondary N) is 1. The van der Waals surface area contributed by atoms with Crippen LogP contribution in [0.1, 0.15) is 5.56 Å². The summed E-state index contributed by atoms with van der Waals surface area (Å²) in [6.45, 7) is 0.363. The van der Waals surface area contributed by atoms with Crippen LogP contribution in [0.15, 0.2) is 81.5 Å². The average Bonchev–Trinajstić information content (AvgIpc) is 3.20. The molecule has 0 aliphatic carbocycles. The molecule has 168 valence electrons. The van der Waals surface area contributed by atoms with E-state index in [1.54, 1.807) is 11.6 Å². The summed E-state index contributed by atoms with van der Waals surface area (Å²) in [5.74, 6) is -0.0825. The first-order valence-electron chi connectivity index (χ1n) is 10.3. The van der Waals surface area contributed by atoms with E-state index < -0.39 is 11.2 Å². The molecule has 0 aliphatic heterocycles. The summed E-state index contributed by atoms with van der Waals surface area (Å²) in [7, 11) is 3.03. The topological polar surface area (TPSA) is 90.9 Å². The Morgan fingerprint density at radius 3 is 2.36 bits per heavy atom. The zero-order valence-electron chi connectivity index (χ0n) is 18.3. The van der Waals surface area contributed by atoms with Crippen LogP contribution in [0.4, 0.5) is 5.69 Å². The SMILES string of the molecule is Cn1c(=O)c2c(nc(SCC(=O)Nc3ccccc3)n2C/C=C\c2ccccc2)n(C)c1=O. The van der Waals surface area contributed by atoms with Gasteiger partial charge in [-0.25, -0.2) is 9.78 Å². The lowest BCUT2D eigenvalue weighted by Crippen LogP contribution is -2.37. The minimum Gasteiger partial charge on any atom is -0.325 e.